The number of hydrogen-bond acceptors (Lipinski definition) is 3. The van der Waals surface area contributed by atoms with Gasteiger partial charge in [-0.05, 0) is 36.4 Å². The smallest absolute Gasteiger partial charge is 0.170 e. The van der Waals surface area contributed by atoms with Crippen LogP contribution in [0.25, 0.3) is 0 Å². The molecule has 0 aliphatic heterocycles. The number of rotatable bonds is 3. The third kappa shape index (κ3) is 2.98. The van der Waals surface area contributed by atoms with Crippen LogP contribution in [0.1, 0.15) is 5.56 Å². The Morgan fingerprint density at radius 3 is 2.42 bits per heavy atom. The van der Waals surface area contributed by atoms with Gasteiger partial charge < -0.3 is 15.7 Å². The third-order valence-corrected chi connectivity index (χ3v) is 2.38. The van der Waals surface area contributed by atoms with Crippen molar-refractivity contribution >= 4 is 5.84 Å². The van der Waals surface area contributed by atoms with Gasteiger partial charge in [0.15, 0.2) is 17.4 Å². The van der Waals surface area contributed by atoms with E-state index in [1.165, 1.54) is 24.3 Å². The summed E-state index contributed by atoms with van der Waals surface area (Å²) in [7, 11) is 0. The molecule has 0 unspecified atom stereocenters. The SMILES string of the molecule is NC(=NO)c1ccc(Oc2cc(F)ccc2F)cc1. The Morgan fingerprint density at radius 2 is 1.79 bits per heavy atom. The lowest BCUT2D eigenvalue weighted by atomic mass is 10.2. The van der Waals surface area contributed by atoms with Crippen LogP contribution in [0.4, 0.5) is 8.78 Å². The maximum atomic E-state index is 13.4. The highest BCUT2D eigenvalue weighted by Gasteiger charge is 2.07. The second-order valence-electron chi connectivity index (χ2n) is 3.69. The highest BCUT2D eigenvalue weighted by molar-refractivity contribution is 5.97. The van der Waals surface area contributed by atoms with Gasteiger partial charge in [0, 0.05) is 11.6 Å². The molecule has 0 spiro atoms. The molecule has 0 heterocycles. The summed E-state index contributed by atoms with van der Waals surface area (Å²) in [5.41, 5.74) is 5.87. The van der Waals surface area contributed by atoms with Gasteiger partial charge in [-0.2, -0.15) is 0 Å². The molecular formula is C13H10F2N2O2. The van der Waals surface area contributed by atoms with E-state index in [0.29, 0.717) is 11.3 Å². The second kappa shape index (κ2) is 5.34. The van der Waals surface area contributed by atoms with Crippen molar-refractivity contribution in [2.75, 3.05) is 0 Å². The zero-order valence-electron chi connectivity index (χ0n) is 9.68. The first-order chi connectivity index (χ1) is 9.10. The standard InChI is InChI=1S/C13H10F2N2O2/c14-9-3-6-11(15)12(7-9)19-10-4-1-8(2-5-10)13(16)17-18/h1-7,18H,(H2,16,17). The van der Waals surface area contributed by atoms with Gasteiger partial charge >= 0.3 is 0 Å². The van der Waals surface area contributed by atoms with E-state index >= 15 is 0 Å². The number of nitrogens with zero attached hydrogens (tertiary/aromatic N) is 1. The fraction of sp³-hybridized carbons (Fsp3) is 0. The maximum absolute atomic E-state index is 13.4. The topological polar surface area (TPSA) is 67.8 Å². The zero-order valence-corrected chi connectivity index (χ0v) is 9.68. The molecule has 3 N–H and O–H groups in total. The zero-order chi connectivity index (χ0) is 13.8. The predicted molar refractivity (Wildman–Crippen MR) is 65.4 cm³/mol. The molecule has 0 aromatic heterocycles. The first-order valence-corrected chi connectivity index (χ1v) is 5.31. The average Bonchev–Trinajstić information content (AvgIpc) is 2.43. The van der Waals surface area contributed by atoms with E-state index in [1.807, 2.05) is 0 Å². The fourth-order valence-corrected chi connectivity index (χ4v) is 1.43. The van der Waals surface area contributed by atoms with E-state index in [1.54, 1.807) is 0 Å². The molecule has 98 valence electrons. The maximum Gasteiger partial charge on any atom is 0.170 e. The van der Waals surface area contributed by atoms with Crippen molar-refractivity contribution in [3.8, 4) is 11.5 Å². The molecule has 0 saturated heterocycles. The van der Waals surface area contributed by atoms with Gasteiger partial charge in [0.05, 0.1) is 0 Å². The van der Waals surface area contributed by atoms with E-state index in [2.05, 4.69) is 5.16 Å². The van der Waals surface area contributed by atoms with Gasteiger partial charge in [-0.15, -0.1) is 0 Å². The molecule has 0 amide bonds. The number of halogens is 2. The molecule has 4 nitrogen and oxygen atoms in total. The Kier molecular flexibility index (Phi) is 3.61. The van der Waals surface area contributed by atoms with E-state index in [4.69, 9.17) is 15.7 Å². The summed E-state index contributed by atoms with van der Waals surface area (Å²) in [6.07, 6.45) is 0. The summed E-state index contributed by atoms with van der Waals surface area (Å²) in [4.78, 5) is 0. The number of oxime groups is 1. The van der Waals surface area contributed by atoms with Crippen LogP contribution in [0.2, 0.25) is 0 Å². The first kappa shape index (κ1) is 12.8. The van der Waals surface area contributed by atoms with Gasteiger partial charge in [0.1, 0.15) is 11.6 Å². The summed E-state index contributed by atoms with van der Waals surface area (Å²) in [6, 6.07) is 8.99. The van der Waals surface area contributed by atoms with Gasteiger partial charge in [-0.3, -0.25) is 0 Å². The summed E-state index contributed by atoms with van der Waals surface area (Å²) >= 11 is 0. The van der Waals surface area contributed by atoms with Crippen molar-refractivity contribution in [1.29, 1.82) is 0 Å². The fourth-order valence-electron chi connectivity index (χ4n) is 1.43. The Morgan fingerprint density at radius 1 is 1.11 bits per heavy atom. The van der Waals surface area contributed by atoms with E-state index in [9.17, 15) is 8.78 Å². The van der Waals surface area contributed by atoms with E-state index in [-0.39, 0.29) is 11.6 Å². The lowest BCUT2D eigenvalue weighted by Gasteiger charge is -2.07. The van der Waals surface area contributed by atoms with Crippen LogP contribution in [-0.2, 0) is 0 Å². The molecule has 0 aliphatic carbocycles. The average molecular weight is 264 g/mol. The van der Waals surface area contributed by atoms with Crippen molar-refractivity contribution in [3.63, 3.8) is 0 Å². The van der Waals surface area contributed by atoms with Crippen LogP contribution < -0.4 is 10.5 Å². The summed E-state index contributed by atoms with van der Waals surface area (Å²) in [5, 5.41) is 11.3. The van der Waals surface area contributed by atoms with Crippen LogP contribution in [0.15, 0.2) is 47.6 Å². The minimum absolute atomic E-state index is 0.0523. The van der Waals surface area contributed by atoms with Crippen LogP contribution in [0, 0.1) is 11.6 Å². The van der Waals surface area contributed by atoms with Crippen LogP contribution in [-0.4, -0.2) is 11.0 Å². The molecule has 6 heteroatoms. The number of hydrogen-bond donors (Lipinski definition) is 2. The third-order valence-electron chi connectivity index (χ3n) is 2.38. The second-order valence-corrected chi connectivity index (χ2v) is 3.69. The molecule has 2 rings (SSSR count). The molecule has 0 bridgehead atoms. The quantitative estimate of drug-likeness (QED) is 0.387. The van der Waals surface area contributed by atoms with Crippen molar-refractivity contribution in [2.24, 2.45) is 10.9 Å². The molecule has 0 fully saturated rings. The lowest BCUT2D eigenvalue weighted by molar-refractivity contribution is 0.318. The van der Waals surface area contributed by atoms with Gasteiger partial charge in [-0.25, -0.2) is 8.78 Å². The van der Waals surface area contributed by atoms with Gasteiger partial charge in [0.2, 0.25) is 0 Å². The number of ether oxygens (including phenoxy) is 1. The molecule has 0 atom stereocenters. The highest BCUT2D eigenvalue weighted by atomic mass is 19.1. The number of benzene rings is 2. The Bertz CT molecular complexity index is 613. The monoisotopic (exact) mass is 264 g/mol. The van der Waals surface area contributed by atoms with Crippen LogP contribution in [0.3, 0.4) is 0 Å². The number of nitrogens with two attached hydrogens (primary N) is 1. The highest BCUT2D eigenvalue weighted by Crippen LogP contribution is 2.25. The largest absolute Gasteiger partial charge is 0.454 e. The Balaban J connectivity index is 2.22. The van der Waals surface area contributed by atoms with Crippen molar-refractivity contribution in [2.45, 2.75) is 0 Å². The molecule has 2 aromatic carbocycles. The minimum atomic E-state index is -0.665. The normalized spacial score (nSPS) is 11.4. The van der Waals surface area contributed by atoms with Gasteiger partial charge in [-0.1, -0.05) is 5.16 Å². The van der Waals surface area contributed by atoms with Crippen LogP contribution in [0.5, 0.6) is 11.5 Å². The molecule has 0 radical (unpaired) electrons. The first-order valence-electron chi connectivity index (χ1n) is 5.31. The lowest BCUT2D eigenvalue weighted by Crippen LogP contribution is -2.12. The Labute approximate surface area is 107 Å². The summed E-state index contributed by atoms with van der Waals surface area (Å²) < 4.78 is 31.5. The molecular weight excluding hydrogens is 254 g/mol. The van der Waals surface area contributed by atoms with E-state index in [0.717, 1.165) is 18.2 Å². The number of amidine groups is 1. The van der Waals surface area contributed by atoms with Gasteiger partial charge in [0.25, 0.3) is 0 Å². The molecule has 19 heavy (non-hydrogen) atoms. The minimum Gasteiger partial charge on any atom is -0.454 e. The molecule has 0 saturated carbocycles. The Hall–Kier alpha value is -2.63. The van der Waals surface area contributed by atoms with Crippen molar-refractivity contribution in [3.05, 3.63) is 59.7 Å². The molecule has 2 aromatic rings. The van der Waals surface area contributed by atoms with Crippen LogP contribution >= 0.6 is 0 Å². The summed E-state index contributed by atoms with van der Waals surface area (Å²) in [6.45, 7) is 0. The van der Waals surface area contributed by atoms with Crippen molar-refractivity contribution < 1.29 is 18.7 Å². The summed E-state index contributed by atoms with van der Waals surface area (Å²) in [5.74, 6) is -1.22. The molecule has 0 aliphatic rings. The van der Waals surface area contributed by atoms with E-state index < -0.39 is 11.6 Å². The van der Waals surface area contributed by atoms with Crippen molar-refractivity contribution in [1.82, 2.24) is 0 Å². The predicted octanol–water partition coefficient (Wildman–Crippen LogP) is 2.85.